The van der Waals surface area contributed by atoms with Gasteiger partial charge in [0.25, 0.3) is 0 Å². The van der Waals surface area contributed by atoms with Crippen LogP contribution in [-0.4, -0.2) is 36.2 Å². The molecule has 4 atom stereocenters. The maximum atomic E-state index is 15.0. The maximum absolute atomic E-state index is 15.0. The average molecular weight is 317 g/mol. The molecule has 23 heavy (non-hydrogen) atoms. The number of amides is 2. The lowest BCUT2D eigenvalue weighted by Crippen LogP contribution is -2.45. The summed E-state index contributed by atoms with van der Waals surface area (Å²) in [5.74, 6) is -1.64. The molecular formula is C18H20FNO3. The minimum Gasteiger partial charge on any atom is -0.447 e. The summed E-state index contributed by atoms with van der Waals surface area (Å²) >= 11 is 0. The first-order valence-corrected chi connectivity index (χ1v) is 7.86. The van der Waals surface area contributed by atoms with Crippen LogP contribution >= 0.6 is 0 Å². The maximum Gasteiger partial charge on any atom is 0.416 e. The molecule has 1 aromatic rings. The molecule has 1 aliphatic heterocycles. The SMILES string of the molecule is C=C1[C@@H](C)C[C@H](C(=O)N2CCOC2=O)[C@@H](c2ccccc2)[C@H]1F. The third-order valence-electron chi connectivity index (χ3n) is 4.87. The largest absolute Gasteiger partial charge is 0.447 e. The molecule has 1 heterocycles. The van der Waals surface area contributed by atoms with Crippen molar-refractivity contribution in [2.45, 2.75) is 25.4 Å². The Morgan fingerprint density at radius 2 is 2.04 bits per heavy atom. The highest BCUT2D eigenvalue weighted by Gasteiger charge is 2.46. The van der Waals surface area contributed by atoms with Crippen molar-refractivity contribution in [1.82, 2.24) is 4.90 Å². The molecule has 2 fully saturated rings. The van der Waals surface area contributed by atoms with Gasteiger partial charge in [-0.1, -0.05) is 43.8 Å². The molecule has 122 valence electrons. The molecule has 0 radical (unpaired) electrons. The van der Waals surface area contributed by atoms with Crippen LogP contribution in [0.2, 0.25) is 0 Å². The zero-order valence-corrected chi connectivity index (χ0v) is 13.1. The normalized spacial score (nSPS) is 31.1. The van der Waals surface area contributed by atoms with Gasteiger partial charge < -0.3 is 4.74 Å². The lowest BCUT2D eigenvalue weighted by molar-refractivity contribution is -0.134. The van der Waals surface area contributed by atoms with Gasteiger partial charge in [0.15, 0.2) is 0 Å². The quantitative estimate of drug-likeness (QED) is 0.786. The first kappa shape index (κ1) is 15.7. The summed E-state index contributed by atoms with van der Waals surface area (Å²) in [7, 11) is 0. The number of nitrogens with zero attached hydrogens (tertiary/aromatic N) is 1. The number of benzene rings is 1. The number of cyclic esters (lactones) is 1. The van der Waals surface area contributed by atoms with E-state index in [1.165, 1.54) is 0 Å². The second kappa shape index (κ2) is 6.14. The van der Waals surface area contributed by atoms with Crippen molar-refractivity contribution in [1.29, 1.82) is 0 Å². The number of carbonyl (C=O) groups excluding carboxylic acids is 2. The van der Waals surface area contributed by atoms with Crippen LogP contribution in [0.15, 0.2) is 42.5 Å². The number of imide groups is 1. The van der Waals surface area contributed by atoms with Gasteiger partial charge in [-0.05, 0) is 23.5 Å². The fraction of sp³-hybridized carbons (Fsp3) is 0.444. The fourth-order valence-electron chi connectivity index (χ4n) is 3.51. The van der Waals surface area contributed by atoms with Crippen LogP contribution in [0.1, 0.15) is 24.8 Å². The van der Waals surface area contributed by atoms with E-state index in [9.17, 15) is 14.0 Å². The van der Waals surface area contributed by atoms with Crippen molar-refractivity contribution in [3.05, 3.63) is 48.0 Å². The highest BCUT2D eigenvalue weighted by Crippen LogP contribution is 2.45. The topological polar surface area (TPSA) is 46.6 Å². The summed E-state index contributed by atoms with van der Waals surface area (Å²) in [6.45, 7) is 6.18. The van der Waals surface area contributed by atoms with Gasteiger partial charge in [-0.25, -0.2) is 14.1 Å². The number of hydrogen-bond donors (Lipinski definition) is 0. The summed E-state index contributed by atoms with van der Waals surface area (Å²) in [5, 5.41) is 0. The molecular weight excluding hydrogens is 297 g/mol. The van der Waals surface area contributed by atoms with Gasteiger partial charge in [-0.15, -0.1) is 0 Å². The number of rotatable bonds is 2. The molecule has 0 spiro atoms. The van der Waals surface area contributed by atoms with Crippen LogP contribution in [0.4, 0.5) is 9.18 Å². The van der Waals surface area contributed by atoms with Gasteiger partial charge in [0.05, 0.1) is 6.54 Å². The van der Waals surface area contributed by atoms with E-state index in [1.807, 2.05) is 37.3 Å². The molecule has 0 aromatic heterocycles. The summed E-state index contributed by atoms with van der Waals surface area (Å²) in [6.07, 6.45) is -1.44. The van der Waals surface area contributed by atoms with Gasteiger partial charge in [0.2, 0.25) is 5.91 Å². The molecule has 0 bridgehead atoms. The standard InChI is InChI=1S/C18H20FNO3/c1-11-10-14(17(21)20-8-9-23-18(20)22)15(16(19)12(11)2)13-6-4-3-5-7-13/h3-7,11,14-16H,2,8-10H2,1H3/t11-,14-,15+,16-/m0/s1. The number of alkyl halides is 1. The van der Waals surface area contributed by atoms with Gasteiger partial charge >= 0.3 is 6.09 Å². The van der Waals surface area contributed by atoms with Crippen molar-refractivity contribution < 1.29 is 18.7 Å². The molecule has 1 saturated heterocycles. The van der Waals surface area contributed by atoms with Gasteiger partial charge in [-0.3, -0.25) is 4.79 Å². The minimum absolute atomic E-state index is 0.0995. The Hall–Kier alpha value is -2.17. The first-order chi connectivity index (χ1) is 11.0. The van der Waals surface area contributed by atoms with Crippen molar-refractivity contribution in [3.63, 3.8) is 0 Å². The van der Waals surface area contributed by atoms with E-state index in [0.717, 1.165) is 10.5 Å². The van der Waals surface area contributed by atoms with E-state index in [2.05, 4.69) is 6.58 Å². The minimum atomic E-state index is -1.30. The molecule has 5 heteroatoms. The highest BCUT2D eigenvalue weighted by atomic mass is 19.1. The summed E-state index contributed by atoms with van der Waals surface area (Å²) in [6, 6.07) is 9.15. The van der Waals surface area contributed by atoms with Gasteiger partial charge in [0, 0.05) is 11.8 Å². The van der Waals surface area contributed by atoms with E-state index in [-0.39, 0.29) is 25.0 Å². The predicted molar refractivity (Wildman–Crippen MR) is 83.6 cm³/mol. The fourth-order valence-corrected chi connectivity index (χ4v) is 3.51. The molecule has 1 aromatic carbocycles. The molecule has 1 aliphatic carbocycles. The Morgan fingerprint density at radius 3 is 2.65 bits per heavy atom. The zero-order valence-electron chi connectivity index (χ0n) is 13.1. The Kier molecular flexibility index (Phi) is 4.20. The van der Waals surface area contributed by atoms with Crippen molar-refractivity contribution >= 4 is 12.0 Å². The molecule has 0 N–H and O–H groups in total. The summed E-state index contributed by atoms with van der Waals surface area (Å²) in [5.41, 5.74) is 1.28. The van der Waals surface area contributed by atoms with E-state index < -0.39 is 24.1 Å². The third kappa shape index (κ3) is 2.76. The Labute approximate surface area is 134 Å². The zero-order chi connectivity index (χ0) is 16.6. The van der Waals surface area contributed by atoms with Crippen LogP contribution in [0.3, 0.4) is 0 Å². The van der Waals surface area contributed by atoms with Crippen LogP contribution in [0.25, 0.3) is 0 Å². The molecule has 1 saturated carbocycles. The second-order valence-corrected chi connectivity index (χ2v) is 6.26. The van der Waals surface area contributed by atoms with E-state index in [1.54, 1.807) is 0 Å². The molecule has 2 aliphatic rings. The number of halogens is 1. The van der Waals surface area contributed by atoms with Crippen molar-refractivity contribution in [2.75, 3.05) is 13.2 Å². The lowest BCUT2D eigenvalue weighted by Gasteiger charge is -2.39. The highest BCUT2D eigenvalue weighted by molar-refractivity contribution is 5.95. The van der Waals surface area contributed by atoms with Crippen LogP contribution in [0.5, 0.6) is 0 Å². The molecule has 3 rings (SSSR count). The van der Waals surface area contributed by atoms with Crippen molar-refractivity contribution in [2.24, 2.45) is 11.8 Å². The molecule has 0 unspecified atom stereocenters. The smallest absolute Gasteiger partial charge is 0.416 e. The Balaban J connectivity index is 1.95. The van der Waals surface area contributed by atoms with Gasteiger partial charge in [0.1, 0.15) is 12.8 Å². The Morgan fingerprint density at radius 1 is 1.35 bits per heavy atom. The molecule has 4 nitrogen and oxygen atoms in total. The van der Waals surface area contributed by atoms with Crippen LogP contribution < -0.4 is 0 Å². The van der Waals surface area contributed by atoms with Crippen LogP contribution in [0, 0.1) is 11.8 Å². The summed E-state index contributed by atoms with van der Waals surface area (Å²) < 4.78 is 19.8. The third-order valence-corrected chi connectivity index (χ3v) is 4.87. The van der Waals surface area contributed by atoms with E-state index in [4.69, 9.17) is 4.74 Å². The van der Waals surface area contributed by atoms with Crippen LogP contribution in [-0.2, 0) is 9.53 Å². The molecule has 2 amide bonds. The van der Waals surface area contributed by atoms with E-state index >= 15 is 0 Å². The predicted octanol–water partition coefficient (Wildman–Crippen LogP) is 3.30. The first-order valence-electron chi connectivity index (χ1n) is 7.86. The van der Waals surface area contributed by atoms with Gasteiger partial charge in [-0.2, -0.15) is 0 Å². The lowest BCUT2D eigenvalue weighted by atomic mass is 9.68. The number of carbonyl (C=O) groups is 2. The average Bonchev–Trinajstić information content (AvgIpc) is 2.98. The number of ether oxygens (including phenoxy) is 1. The monoisotopic (exact) mass is 317 g/mol. The van der Waals surface area contributed by atoms with Crippen molar-refractivity contribution in [3.8, 4) is 0 Å². The number of allylic oxidation sites excluding steroid dienone is 1. The second-order valence-electron chi connectivity index (χ2n) is 6.26. The number of hydrogen-bond acceptors (Lipinski definition) is 3. The van der Waals surface area contributed by atoms with E-state index in [0.29, 0.717) is 12.0 Å². The summed E-state index contributed by atoms with van der Waals surface area (Å²) in [4.78, 5) is 25.6. The Bertz CT molecular complexity index is 630.